The zero-order chi connectivity index (χ0) is 15.4. The molecule has 1 aromatic rings. The molecule has 0 radical (unpaired) electrons. The molecule has 21 heavy (non-hydrogen) atoms. The van der Waals surface area contributed by atoms with Crippen molar-refractivity contribution in [3.8, 4) is 0 Å². The number of piperidine rings is 1. The van der Waals surface area contributed by atoms with Crippen molar-refractivity contribution in [2.45, 2.75) is 38.8 Å². The minimum Gasteiger partial charge on any atom is -0.382 e. The third-order valence-corrected chi connectivity index (χ3v) is 4.15. The molecule has 1 aromatic carbocycles. The highest BCUT2D eigenvalue weighted by molar-refractivity contribution is 5.94. The Bertz CT molecular complexity index is 477. The van der Waals surface area contributed by atoms with Crippen LogP contribution in [0.1, 0.15) is 37.0 Å². The van der Waals surface area contributed by atoms with Crippen LogP contribution in [0.25, 0.3) is 0 Å². The molecule has 1 N–H and O–H groups in total. The van der Waals surface area contributed by atoms with E-state index in [4.69, 9.17) is 0 Å². The SMILES string of the molecule is CC(C)N1CCC(Nc2cccc(C(=O)N(C)C)c2)CC1. The molecular weight excluding hydrogens is 262 g/mol. The highest BCUT2D eigenvalue weighted by Crippen LogP contribution is 2.19. The summed E-state index contributed by atoms with van der Waals surface area (Å²) in [5.74, 6) is 0.0493. The number of carbonyl (C=O) groups is 1. The minimum atomic E-state index is 0.0493. The van der Waals surface area contributed by atoms with Crippen LogP contribution in [0.2, 0.25) is 0 Å². The summed E-state index contributed by atoms with van der Waals surface area (Å²) < 4.78 is 0. The van der Waals surface area contributed by atoms with Gasteiger partial charge in [-0.1, -0.05) is 6.07 Å². The largest absolute Gasteiger partial charge is 0.382 e. The molecule has 1 amide bonds. The van der Waals surface area contributed by atoms with E-state index in [0.29, 0.717) is 12.1 Å². The molecule has 116 valence electrons. The first kappa shape index (κ1) is 15.8. The molecule has 1 heterocycles. The summed E-state index contributed by atoms with van der Waals surface area (Å²) in [4.78, 5) is 16.1. The molecule has 4 nitrogen and oxygen atoms in total. The Hall–Kier alpha value is -1.55. The second kappa shape index (κ2) is 6.94. The van der Waals surface area contributed by atoms with Crippen molar-refractivity contribution >= 4 is 11.6 Å². The lowest BCUT2D eigenvalue weighted by atomic mass is 10.0. The average Bonchev–Trinajstić information content (AvgIpc) is 2.47. The van der Waals surface area contributed by atoms with Crippen LogP contribution in [0.5, 0.6) is 0 Å². The van der Waals surface area contributed by atoms with Crippen molar-refractivity contribution in [2.75, 3.05) is 32.5 Å². The molecule has 0 aliphatic carbocycles. The van der Waals surface area contributed by atoms with E-state index in [2.05, 4.69) is 24.1 Å². The van der Waals surface area contributed by atoms with E-state index in [-0.39, 0.29) is 5.91 Å². The first-order chi connectivity index (χ1) is 9.97. The fourth-order valence-electron chi connectivity index (χ4n) is 2.80. The van der Waals surface area contributed by atoms with Crippen molar-refractivity contribution in [3.63, 3.8) is 0 Å². The molecule has 0 saturated carbocycles. The lowest BCUT2D eigenvalue weighted by molar-refractivity contribution is 0.0827. The Morgan fingerprint density at radius 1 is 1.29 bits per heavy atom. The fourth-order valence-corrected chi connectivity index (χ4v) is 2.80. The van der Waals surface area contributed by atoms with Gasteiger partial charge in [-0.25, -0.2) is 0 Å². The van der Waals surface area contributed by atoms with Crippen LogP contribution in [0, 0.1) is 0 Å². The van der Waals surface area contributed by atoms with E-state index in [9.17, 15) is 4.79 Å². The maximum Gasteiger partial charge on any atom is 0.253 e. The van der Waals surface area contributed by atoms with E-state index in [0.717, 1.165) is 37.2 Å². The molecule has 1 saturated heterocycles. The van der Waals surface area contributed by atoms with Crippen LogP contribution >= 0.6 is 0 Å². The van der Waals surface area contributed by atoms with Crippen molar-refractivity contribution in [1.82, 2.24) is 9.80 Å². The van der Waals surface area contributed by atoms with Crippen LogP contribution in [0.4, 0.5) is 5.69 Å². The Morgan fingerprint density at radius 2 is 1.95 bits per heavy atom. The predicted octanol–water partition coefficient (Wildman–Crippen LogP) is 2.67. The lowest BCUT2D eigenvalue weighted by Crippen LogP contribution is -2.42. The maximum atomic E-state index is 12.0. The molecule has 0 spiro atoms. The minimum absolute atomic E-state index is 0.0493. The Labute approximate surface area is 128 Å². The number of nitrogens with one attached hydrogen (secondary N) is 1. The Morgan fingerprint density at radius 3 is 2.52 bits per heavy atom. The quantitative estimate of drug-likeness (QED) is 0.925. The molecule has 1 aliphatic rings. The summed E-state index contributed by atoms with van der Waals surface area (Å²) in [6.07, 6.45) is 2.31. The fraction of sp³-hybridized carbons (Fsp3) is 0.588. The second-order valence-electron chi connectivity index (χ2n) is 6.33. The summed E-state index contributed by atoms with van der Waals surface area (Å²) in [6, 6.07) is 8.95. The van der Waals surface area contributed by atoms with Crippen molar-refractivity contribution in [2.24, 2.45) is 0 Å². The molecule has 0 bridgehead atoms. The summed E-state index contributed by atoms with van der Waals surface area (Å²) in [7, 11) is 3.56. The van der Waals surface area contributed by atoms with Gasteiger partial charge in [-0.2, -0.15) is 0 Å². The topological polar surface area (TPSA) is 35.6 Å². The van der Waals surface area contributed by atoms with Gasteiger partial charge in [0.25, 0.3) is 5.91 Å². The van der Waals surface area contributed by atoms with Crippen LogP contribution in [0.3, 0.4) is 0 Å². The van der Waals surface area contributed by atoms with Crippen LogP contribution in [0.15, 0.2) is 24.3 Å². The maximum absolute atomic E-state index is 12.0. The van der Waals surface area contributed by atoms with E-state index in [1.54, 1.807) is 19.0 Å². The molecule has 0 aromatic heterocycles. The van der Waals surface area contributed by atoms with Gasteiger partial charge in [-0.05, 0) is 44.9 Å². The van der Waals surface area contributed by atoms with Gasteiger partial charge in [-0.3, -0.25) is 4.79 Å². The Kier molecular flexibility index (Phi) is 5.23. The predicted molar refractivity (Wildman–Crippen MR) is 87.8 cm³/mol. The van der Waals surface area contributed by atoms with Gasteiger partial charge in [-0.15, -0.1) is 0 Å². The molecule has 2 rings (SSSR count). The van der Waals surface area contributed by atoms with Crippen LogP contribution < -0.4 is 5.32 Å². The summed E-state index contributed by atoms with van der Waals surface area (Å²) >= 11 is 0. The zero-order valence-electron chi connectivity index (χ0n) is 13.6. The van der Waals surface area contributed by atoms with Crippen molar-refractivity contribution < 1.29 is 4.79 Å². The van der Waals surface area contributed by atoms with Gasteiger partial charge >= 0.3 is 0 Å². The van der Waals surface area contributed by atoms with Crippen molar-refractivity contribution in [1.29, 1.82) is 0 Å². The first-order valence-electron chi connectivity index (χ1n) is 7.79. The zero-order valence-corrected chi connectivity index (χ0v) is 13.6. The monoisotopic (exact) mass is 289 g/mol. The summed E-state index contributed by atoms with van der Waals surface area (Å²) in [6.45, 7) is 6.80. The Balaban J connectivity index is 1.95. The number of carbonyl (C=O) groups excluding carboxylic acids is 1. The van der Waals surface area contributed by atoms with E-state index in [1.807, 2.05) is 24.3 Å². The molecule has 1 fully saturated rings. The van der Waals surface area contributed by atoms with Gasteiger partial charge in [0.05, 0.1) is 0 Å². The number of amides is 1. The number of nitrogens with zero attached hydrogens (tertiary/aromatic N) is 2. The standard InChI is InChI=1S/C17H27N3O/c1-13(2)20-10-8-15(9-11-20)18-16-7-5-6-14(12-16)17(21)19(3)4/h5-7,12-13,15,18H,8-11H2,1-4H3. The average molecular weight is 289 g/mol. The third-order valence-electron chi connectivity index (χ3n) is 4.15. The highest BCUT2D eigenvalue weighted by atomic mass is 16.2. The van der Waals surface area contributed by atoms with Gasteiger partial charge in [0, 0.05) is 50.5 Å². The second-order valence-corrected chi connectivity index (χ2v) is 6.33. The summed E-state index contributed by atoms with van der Waals surface area (Å²) in [5, 5.41) is 3.58. The smallest absolute Gasteiger partial charge is 0.253 e. The van der Waals surface area contributed by atoms with Gasteiger partial charge in [0.1, 0.15) is 0 Å². The van der Waals surface area contributed by atoms with Crippen molar-refractivity contribution in [3.05, 3.63) is 29.8 Å². The molecular formula is C17H27N3O. The number of hydrogen-bond acceptors (Lipinski definition) is 3. The van der Waals surface area contributed by atoms with Crippen LogP contribution in [-0.4, -0.2) is 55.0 Å². The first-order valence-corrected chi connectivity index (χ1v) is 7.79. The van der Waals surface area contributed by atoms with Gasteiger partial charge in [0.15, 0.2) is 0 Å². The molecule has 4 heteroatoms. The molecule has 0 atom stereocenters. The van der Waals surface area contributed by atoms with E-state index < -0.39 is 0 Å². The molecule has 1 aliphatic heterocycles. The number of rotatable bonds is 4. The number of anilines is 1. The molecule has 0 unspecified atom stereocenters. The van der Waals surface area contributed by atoms with Gasteiger partial charge < -0.3 is 15.1 Å². The van der Waals surface area contributed by atoms with Gasteiger partial charge in [0.2, 0.25) is 0 Å². The number of hydrogen-bond donors (Lipinski definition) is 1. The van der Waals surface area contributed by atoms with Crippen LogP contribution in [-0.2, 0) is 0 Å². The summed E-state index contributed by atoms with van der Waals surface area (Å²) in [5.41, 5.74) is 1.79. The third kappa shape index (κ3) is 4.21. The number of likely N-dealkylation sites (tertiary alicyclic amines) is 1. The lowest BCUT2D eigenvalue weighted by Gasteiger charge is -2.35. The van der Waals surface area contributed by atoms with E-state index in [1.165, 1.54) is 0 Å². The highest BCUT2D eigenvalue weighted by Gasteiger charge is 2.20. The number of benzene rings is 1. The normalized spacial score (nSPS) is 17.0. The van der Waals surface area contributed by atoms with E-state index >= 15 is 0 Å².